The summed E-state index contributed by atoms with van der Waals surface area (Å²) < 4.78 is 6.80. The molecule has 4 rings (SSSR count). The second kappa shape index (κ2) is 5.42. The lowest BCUT2D eigenvalue weighted by molar-refractivity contribution is 0.428. The molecule has 0 aliphatic heterocycles. The topological polar surface area (TPSA) is 73.8 Å². The highest BCUT2D eigenvalue weighted by Crippen LogP contribution is 2.24. The van der Waals surface area contributed by atoms with Crippen LogP contribution in [-0.2, 0) is 7.05 Å². The molecule has 0 N–H and O–H groups in total. The molecule has 6 nitrogen and oxygen atoms in total. The lowest BCUT2D eigenvalue weighted by atomic mass is 10.1. The first kappa shape index (κ1) is 14.3. The van der Waals surface area contributed by atoms with Crippen molar-refractivity contribution in [2.75, 3.05) is 0 Å². The summed E-state index contributed by atoms with van der Waals surface area (Å²) >= 11 is 0. The van der Waals surface area contributed by atoms with E-state index >= 15 is 0 Å². The number of aromatic nitrogens is 4. The van der Waals surface area contributed by atoms with E-state index in [1.54, 1.807) is 19.2 Å². The van der Waals surface area contributed by atoms with Gasteiger partial charge in [0.25, 0.3) is 11.4 Å². The summed E-state index contributed by atoms with van der Waals surface area (Å²) in [5.74, 6) is 0.688. The molecule has 1 aromatic carbocycles. The summed E-state index contributed by atoms with van der Waals surface area (Å²) in [5.41, 5.74) is 3.05. The molecule has 0 unspecified atom stereocenters. The molecule has 0 atom stereocenters. The molecule has 3 heterocycles. The summed E-state index contributed by atoms with van der Waals surface area (Å²) in [6, 6.07) is 14.8. The molecule has 0 bridgehead atoms. The monoisotopic (exact) mass is 318 g/mol. The van der Waals surface area contributed by atoms with Crippen molar-refractivity contribution in [3.8, 4) is 23.1 Å². The SMILES string of the molecule is Cc1cc(-c2noc(-c3cccc(=O)n3C)n2)nc2ccccc12. The lowest BCUT2D eigenvalue weighted by Crippen LogP contribution is -2.16. The summed E-state index contributed by atoms with van der Waals surface area (Å²) in [6.07, 6.45) is 0. The van der Waals surface area contributed by atoms with Gasteiger partial charge in [-0.15, -0.1) is 0 Å². The van der Waals surface area contributed by atoms with Crippen LogP contribution in [0.3, 0.4) is 0 Å². The normalized spacial score (nSPS) is 11.1. The number of hydrogen-bond donors (Lipinski definition) is 0. The molecule has 0 saturated heterocycles. The zero-order chi connectivity index (χ0) is 16.7. The van der Waals surface area contributed by atoms with Crippen LogP contribution < -0.4 is 5.56 Å². The molecule has 0 aliphatic rings. The Kier molecular flexibility index (Phi) is 3.23. The highest BCUT2D eigenvalue weighted by atomic mass is 16.5. The molecule has 118 valence electrons. The van der Waals surface area contributed by atoms with Gasteiger partial charge in [-0.25, -0.2) is 4.98 Å². The smallest absolute Gasteiger partial charge is 0.275 e. The molecule has 24 heavy (non-hydrogen) atoms. The third-order valence-electron chi connectivity index (χ3n) is 3.98. The fourth-order valence-corrected chi connectivity index (χ4v) is 2.67. The number of fused-ring (bicyclic) bond motifs is 1. The minimum Gasteiger partial charge on any atom is -0.332 e. The fraction of sp³-hybridized carbons (Fsp3) is 0.111. The van der Waals surface area contributed by atoms with Crippen LogP contribution in [0, 0.1) is 6.92 Å². The van der Waals surface area contributed by atoms with E-state index in [2.05, 4.69) is 15.1 Å². The molecule has 0 aliphatic carbocycles. The molecule has 0 fully saturated rings. The first-order valence-corrected chi connectivity index (χ1v) is 7.50. The highest BCUT2D eigenvalue weighted by Gasteiger charge is 2.15. The molecule has 0 radical (unpaired) electrons. The number of rotatable bonds is 2. The Balaban J connectivity index is 1.83. The number of aryl methyl sites for hydroxylation is 1. The van der Waals surface area contributed by atoms with Gasteiger partial charge in [-0.2, -0.15) is 4.98 Å². The van der Waals surface area contributed by atoms with Crippen molar-refractivity contribution < 1.29 is 4.52 Å². The predicted molar refractivity (Wildman–Crippen MR) is 90.4 cm³/mol. The first-order chi connectivity index (χ1) is 11.6. The first-order valence-electron chi connectivity index (χ1n) is 7.50. The molecule has 3 aromatic heterocycles. The van der Waals surface area contributed by atoms with E-state index in [4.69, 9.17) is 4.52 Å². The molecule has 0 saturated carbocycles. The van der Waals surface area contributed by atoms with Gasteiger partial charge >= 0.3 is 0 Å². The minimum absolute atomic E-state index is 0.132. The average molecular weight is 318 g/mol. The second-order valence-corrected chi connectivity index (χ2v) is 5.57. The van der Waals surface area contributed by atoms with Gasteiger partial charge in [0.15, 0.2) is 0 Å². The van der Waals surface area contributed by atoms with Crippen molar-refractivity contribution in [1.82, 2.24) is 19.7 Å². The van der Waals surface area contributed by atoms with Gasteiger partial charge in [0.05, 0.1) is 5.52 Å². The van der Waals surface area contributed by atoms with Crippen LogP contribution in [0.25, 0.3) is 34.0 Å². The summed E-state index contributed by atoms with van der Waals surface area (Å²) in [5, 5.41) is 5.11. The van der Waals surface area contributed by atoms with Gasteiger partial charge in [-0.3, -0.25) is 4.79 Å². The number of benzene rings is 1. The Morgan fingerprint density at radius 1 is 1.04 bits per heavy atom. The molecule has 0 spiro atoms. The molecular weight excluding hydrogens is 304 g/mol. The van der Waals surface area contributed by atoms with Crippen molar-refractivity contribution in [1.29, 1.82) is 0 Å². The van der Waals surface area contributed by atoms with Gasteiger partial charge in [0.1, 0.15) is 11.4 Å². The van der Waals surface area contributed by atoms with Gasteiger partial charge < -0.3 is 9.09 Å². The molecule has 6 heteroatoms. The minimum atomic E-state index is -0.132. The van der Waals surface area contributed by atoms with Crippen LogP contribution in [0.4, 0.5) is 0 Å². The van der Waals surface area contributed by atoms with E-state index in [9.17, 15) is 4.79 Å². The number of hydrogen-bond acceptors (Lipinski definition) is 5. The predicted octanol–water partition coefficient (Wildman–Crippen LogP) is 2.96. The third-order valence-corrected chi connectivity index (χ3v) is 3.98. The average Bonchev–Trinajstić information content (AvgIpc) is 3.07. The molecule has 0 amide bonds. The molecule has 4 aromatic rings. The highest BCUT2D eigenvalue weighted by molar-refractivity contribution is 5.84. The van der Waals surface area contributed by atoms with Crippen molar-refractivity contribution in [3.05, 3.63) is 64.4 Å². The summed E-state index contributed by atoms with van der Waals surface area (Å²) in [4.78, 5) is 20.7. The summed E-state index contributed by atoms with van der Waals surface area (Å²) in [6.45, 7) is 2.02. The number of para-hydroxylation sites is 1. The van der Waals surface area contributed by atoms with Crippen LogP contribution >= 0.6 is 0 Å². The zero-order valence-electron chi connectivity index (χ0n) is 13.2. The van der Waals surface area contributed by atoms with Gasteiger partial charge in [-0.05, 0) is 30.7 Å². The lowest BCUT2D eigenvalue weighted by Gasteiger charge is -2.03. The maximum absolute atomic E-state index is 11.7. The van der Waals surface area contributed by atoms with Crippen LogP contribution in [0.5, 0.6) is 0 Å². The Morgan fingerprint density at radius 3 is 2.75 bits per heavy atom. The number of nitrogens with zero attached hydrogens (tertiary/aromatic N) is 4. The van der Waals surface area contributed by atoms with E-state index in [1.807, 2.05) is 37.3 Å². The van der Waals surface area contributed by atoms with Crippen LogP contribution in [-0.4, -0.2) is 19.7 Å². The van der Waals surface area contributed by atoms with Crippen LogP contribution in [0.1, 0.15) is 5.56 Å². The van der Waals surface area contributed by atoms with Gasteiger partial charge in [0.2, 0.25) is 5.82 Å². The number of pyridine rings is 2. The Hall–Kier alpha value is -3.28. The Morgan fingerprint density at radius 2 is 1.88 bits per heavy atom. The maximum atomic E-state index is 11.7. The van der Waals surface area contributed by atoms with E-state index in [1.165, 1.54) is 10.6 Å². The van der Waals surface area contributed by atoms with E-state index in [0.717, 1.165) is 16.5 Å². The van der Waals surface area contributed by atoms with E-state index in [-0.39, 0.29) is 11.4 Å². The Bertz CT molecular complexity index is 1110. The van der Waals surface area contributed by atoms with Crippen molar-refractivity contribution in [2.45, 2.75) is 6.92 Å². The Labute approximate surface area is 137 Å². The van der Waals surface area contributed by atoms with Crippen molar-refractivity contribution >= 4 is 10.9 Å². The zero-order valence-corrected chi connectivity index (χ0v) is 13.2. The maximum Gasteiger partial charge on any atom is 0.275 e. The van der Waals surface area contributed by atoms with Crippen LogP contribution in [0.2, 0.25) is 0 Å². The van der Waals surface area contributed by atoms with E-state index < -0.39 is 0 Å². The van der Waals surface area contributed by atoms with Crippen molar-refractivity contribution in [2.24, 2.45) is 7.05 Å². The van der Waals surface area contributed by atoms with E-state index in [0.29, 0.717) is 17.2 Å². The van der Waals surface area contributed by atoms with Crippen LogP contribution in [0.15, 0.2) is 57.8 Å². The summed E-state index contributed by atoms with van der Waals surface area (Å²) in [7, 11) is 1.67. The van der Waals surface area contributed by atoms with Gasteiger partial charge in [0, 0.05) is 18.5 Å². The largest absolute Gasteiger partial charge is 0.332 e. The second-order valence-electron chi connectivity index (χ2n) is 5.57. The quantitative estimate of drug-likeness (QED) is 0.568. The third kappa shape index (κ3) is 2.28. The van der Waals surface area contributed by atoms with Crippen molar-refractivity contribution in [3.63, 3.8) is 0 Å². The fourth-order valence-electron chi connectivity index (χ4n) is 2.67. The standard InChI is InChI=1S/C18H14N4O2/c1-11-10-14(19-13-7-4-3-6-12(11)13)17-20-18(24-21-17)15-8-5-9-16(23)22(15)2/h3-10H,1-2H3. The van der Waals surface area contributed by atoms with Gasteiger partial charge in [-0.1, -0.05) is 29.4 Å². The molecular formula is C18H14N4O2.